The maximum Gasteiger partial charge on any atom is 0.0398 e. The number of hydrogen-bond acceptors (Lipinski definition) is 2. The van der Waals surface area contributed by atoms with E-state index in [-0.39, 0.29) is 0 Å². The van der Waals surface area contributed by atoms with Crippen LogP contribution < -0.4 is 10.6 Å². The zero-order valence-electron chi connectivity index (χ0n) is 10.2. The maximum atomic E-state index is 5.98. The molecule has 2 heteroatoms. The van der Waals surface area contributed by atoms with Crippen molar-refractivity contribution >= 4 is 5.69 Å². The molecular formula is C14H22N2. The summed E-state index contributed by atoms with van der Waals surface area (Å²) in [5.41, 5.74) is 8.91. The van der Waals surface area contributed by atoms with Crippen molar-refractivity contribution in [3.8, 4) is 0 Å². The van der Waals surface area contributed by atoms with Gasteiger partial charge in [0.25, 0.3) is 0 Å². The van der Waals surface area contributed by atoms with E-state index in [1.54, 1.807) is 0 Å². The topological polar surface area (TPSA) is 29.3 Å². The second-order valence-electron chi connectivity index (χ2n) is 4.68. The van der Waals surface area contributed by atoms with Crippen LogP contribution in [0.1, 0.15) is 31.7 Å². The van der Waals surface area contributed by atoms with E-state index in [1.165, 1.54) is 30.6 Å². The minimum atomic E-state index is 0.356. The van der Waals surface area contributed by atoms with Gasteiger partial charge in [0.15, 0.2) is 0 Å². The summed E-state index contributed by atoms with van der Waals surface area (Å²) in [7, 11) is 0. The van der Waals surface area contributed by atoms with Crippen LogP contribution in [0.15, 0.2) is 24.3 Å². The third kappa shape index (κ3) is 2.56. The Balaban J connectivity index is 2.01. The number of benzene rings is 1. The van der Waals surface area contributed by atoms with Gasteiger partial charge in [-0.3, -0.25) is 0 Å². The monoisotopic (exact) mass is 218 g/mol. The molecule has 88 valence electrons. The lowest BCUT2D eigenvalue weighted by atomic mass is 10.0. The summed E-state index contributed by atoms with van der Waals surface area (Å²) in [6.45, 7) is 4.45. The molecule has 0 spiro atoms. The Labute approximate surface area is 98.4 Å². The Bertz CT molecular complexity index is 335. The first kappa shape index (κ1) is 11.5. The SMILES string of the molecule is CCC(N)CCN1CCCc2ccccc21. The van der Waals surface area contributed by atoms with Crippen LogP contribution in [0.3, 0.4) is 0 Å². The minimum absolute atomic E-state index is 0.356. The van der Waals surface area contributed by atoms with Crippen LogP contribution in [0.4, 0.5) is 5.69 Å². The Morgan fingerprint density at radius 3 is 3.00 bits per heavy atom. The fraction of sp³-hybridized carbons (Fsp3) is 0.571. The van der Waals surface area contributed by atoms with E-state index in [4.69, 9.17) is 5.73 Å². The van der Waals surface area contributed by atoms with Crippen molar-refractivity contribution in [3.05, 3.63) is 29.8 Å². The quantitative estimate of drug-likeness (QED) is 0.841. The third-order valence-corrected chi connectivity index (χ3v) is 3.50. The summed E-state index contributed by atoms with van der Waals surface area (Å²) in [5.74, 6) is 0. The molecule has 0 aliphatic carbocycles. The Morgan fingerprint density at radius 1 is 1.38 bits per heavy atom. The summed E-state index contributed by atoms with van der Waals surface area (Å²) >= 11 is 0. The number of fused-ring (bicyclic) bond motifs is 1. The third-order valence-electron chi connectivity index (χ3n) is 3.50. The first-order valence-corrected chi connectivity index (χ1v) is 6.39. The van der Waals surface area contributed by atoms with Crippen molar-refractivity contribution in [2.24, 2.45) is 5.73 Å². The lowest BCUT2D eigenvalue weighted by Crippen LogP contribution is -2.33. The van der Waals surface area contributed by atoms with E-state index in [0.29, 0.717) is 6.04 Å². The van der Waals surface area contributed by atoms with Crippen molar-refractivity contribution < 1.29 is 0 Å². The summed E-state index contributed by atoms with van der Waals surface area (Å²) in [4.78, 5) is 2.49. The zero-order chi connectivity index (χ0) is 11.4. The molecule has 0 amide bonds. The molecule has 1 atom stereocenters. The molecule has 1 aromatic rings. The zero-order valence-corrected chi connectivity index (χ0v) is 10.2. The first-order valence-electron chi connectivity index (χ1n) is 6.39. The highest BCUT2D eigenvalue weighted by Gasteiger charge is 2.16. The summed E-state index contributed by atoms with van der Waals surface area (Å²) in [6.07, 6.45) is 4.69. The number of hydrogen-bond donors (Lipinski definition) is 1. The van der Waals surface area contributed by atoms with Gasteiger partial charge in [-0.25, -0.2) is 0 Å². The van der Waals surface area contributed by atoms with Gasteiger partial charge in [0.2, 0.25) is 0 Å². The Kier molecular flexibility index (Phi) is 3.83. The van der Waals surface area contributed by atoms with Crippen LogP contribution in [-0.2, 0) is 6.42 Å². The molecule has 16 heavy (non-hydrogen) atoms. The van der Waals surface area contributed by atoms with Crippen LogP contribution in [0.25, 0.3) is 0 Å². The second-order valence-corrected chi connectivity index (χ2v) is 4.68. The fourth-order valence-corrected chi connectivity index (χ4v) is 2.37. The molecule has 2 rings (SSSR count). The first-order chi connectivity index (χ1) is 7.81. The van der Waals surface area contributed by atoms with Crippen molar-refractivity contribution in [3.63, 3.8) is 0 Å². The molecule has 0 fully saturated rings. The van der Waals surface area contributed by atoms with Gasteiger partial charge in [0, 0.05) is 24.8 Å². The summed E-state index contributed by atoms with van der Waals surface area (Å²) < 4.78 is 0. The molecular weight excluding hydrogens is 196 g/mol. The maximum absolute atomic E-state index is 5.98. The predicted octanol–water partition coefficient (Wildman–Crippen LogP) is 2.57. The van der Waals surface area contributed by atoms with E-state index in [9.17, 15) is 0 Å². The van der Waals surface area contributed by atoms with E-state index < -0.39 is 0 Å². The van der Waals surface area contributed by atoms with Gasteiger partial charge < -0.3 is 10.6 Å². The molecule has 0 bridgehead atoms. The molecule has 1 unspecified atom stereocenters. The van der Waals surface area contributed by atoms with Crippen LogP contribution in [0.5, 0.6) is 0 Å². The lowest BCUT2D eigenvalue weighted by molar-refractivity contribution is 0.570. The van der Waals surface area contributed by atoms with Crippen LogP contribution >= 0.6 is 0 Å². The molecule has 1 heterocycles. The molecule has 1 aliphatic heterocycles. The molecule has 2 N–H and O–H groups in total. The summed E-state index contributed by atoms with van der Waals surface area (Å²) in [5, 5.41) is 0. The summed E-state index contributed by atoms with van der Waals surface area (Å²) in [6, 6.07) is 9.12. The molecule has 0 saturated heterocycles. The van der Waals surface area contributed by atoms with E-state index in [0.717, 1.165) is 19.4 Å². The standard InChI is InChI=1S/C14H22N2/c1-2-13(15)9-11-16-10-5-7-12-6-3-4-8-14(12)16/h3-4,6,8,13H,2,5,7,9-11,15H2,1H3. The van der Waals surface area contributed by atoms with Gasteiger partial charge in [-0.15, -0.1) is 0 Å². The Morgan fingerprint density at radius 2 is 2.19 bits per heavy atom. The van der Waals surface area contributed by atoms with Gasteiger partial charge in [-0.05, 0) is 37.3 Å². The molecule has 0 saturated carbocycles. The number of rotatable bonds is 4. The minimum Gasteiger partial charge on any atom is -0.371 e. The molecule has 0 radical (unpaired) electrons. The van der Waals surface area contributed by atoms with Gasteiger partial charge in [0.1, 0.15) is 0 Å². The van der Waals surface area contributed by atoms with E-state index in [2.05, 4.69) is 36.1 Å². The van der Waals surface area contributed by atoms with Gasteiger partial charge >= 0.3 is 0 Å². The van der Waals surface area contributed by atoms with Crippen LogP contribution in [0.2, 0.25) is 0 Å². The largest absolute Gasteiger partial charge is 0.371 e. The highest BCUT2D eigenvalue weighted by atomic mass is 15.1. The van der Waals surface area contributed by atoms with E-state index in [1.807, 2.05) is 0 Å². The number of nitrogens with zero attached hydrogens (tertiary/aromatic N) is 1. The van der Waals surface area contributed by atoms with Gasteiger partial charge in [0.05, 0.1) is 0 Å². The average molecular weight is 218 g/mol. The smallest absolute Gasteiger partial charge is 0.0398 e. The van der Waals surface area contributed by atoms with Crippen LogP contribution in [0, 0.1) is 0 Å². The highest BCUT2D eigenvalue weighted by molar-refractivity contribution is 5.55. The second kappa shape index (κ2) is 5.35. The number of nitrogens with two attached hydrogens (primary N) is 1. The van der Waals surface area contributed by atoms with Gasteiger partial charge in [-0.2, -0.15) is 0 Å². The van der Waals surface area contributed by atoms with Crippen molar-refractivity contribution in [1.82, 2.24) is 0 Å². The van der Waals surface area contributed by atoms with Crippen molar-refractivity contribution in [2.45, 2.75) is 38.6 Å². The molecule has 0 aromatic heterocycles. The fourth-order valence-electron chi connectivity index (χ4n) is 2.37. The van der Waals surface area contributed by atoms with E-state index >= 15 is 0 Å². The predicted molar refractivity (Wildman–Crippen MR) is 69.9 cm³/mol. The van der Waals surface area contributed by atoms with Crippen LogP contribution in [-0.4, -0.2) is 19.1 Å². The normalized spacial score (nSPS) is 17.0. The molecule has 2 nitrogen and oxygen atoms in total. The lowest BCUT2D eigenvalue weighted by Gasteiger charge is -2.32. The van der Waals surface area contributed by atoms with Crippen molar-refractivity contribution in [1.29, 1.82) is 0 Å². The Hall–Kier alpha value is -1.02. The number of aryl methyl sites for hydroxylation is 1. The molecule has 1 aliphatic rings. The number of para-hydroxylation sites is 1. The highest BCUT2D eigenvalue weighted by Crippen LogP contribution is 2.26. The average Bonchev–Trinajstić information content (AvgIpc) is 2.35. The van der Waals surface area contributed by atoms with Crippen molar-refractivity contribution in [2.75, 3.05) is 18.0 Å². The van der Waals surface area contributed by atoms with Gasteiger partial charge in [-0.1, -0.05) is 25.1 Å². The number of anilines is 1. The molecule has 1 aromatic carbocycles.